The van der Waals surface area contributed by atoms with Gasteiger partial charge in [-0.1, -0.05) is 19.1 Å². The van der Waals surface area contributed by atoms with Crippen LogP contribution in [0.15, 0.2) is 35.1 Å². The lowest BCUT2D eigenvalue weighted by Gasteiger charge is -2.08. The number of ether oxygens (including phenoxy) is 1. The zero-order chi connectivity index (χ0) is 12.1. The van der Waals surface area contributed by atoms with Crippen LogP contribution in [0.3, 0.4) is 0 Å². The Balaban J connectivity index is 2.02. The van der Waals surface area contributed by atoms with Crippen LogP contribution < -0.4 is 4.74 Å². The van der Waals surface area contributed by atoms with E-state index in [1.165, 1.54) is 0 Å². The Morgan fingerprint density at radius 3 is 2.94 bits per heavy atom. The van der Waals surface area contributed by atoms with E-state index in [1.807, 2.05) is 28.9 Å². The maximum atomic E-state index is 5.70. The molecule has 0 fully saturated rings. The van der Waals surface area contributed by atoms with Gasteiger partial charge < -0.3 is 4.74 Å². The molecule has 1 aromatic carbocycles. The van der Waals surface area contributed by atoms with E-state index in [1.54, 1.807) is 6.33 Å². The molecular formula is C12H14BrN3O. The van der Waals surface area contributed by atoms with Gasteiger partial charge in [0.15, 0.2) is 5.82 Å². The summed E-state index contributed by atoms with van der Waals surface area (Å²) >= 11 is 3.44. The molecule has 5 heteroatoms. The van der Waals surface area contributed by atoms with Crippen LogP contribution in [0, 0.1) is 0 Å². The number of rotatable bonds is 5. The number of nitrogens with zero attached hydrogens (tertiary/aromatic N) is 3. The van der Waals surface area contributed by atoms with Crippen LogP contribution in [0.5, 0.6) is 5.75 Å². The van der Waals surface area contributed by atoms with E-state index >= 15 is 0 Å². The van der Waals surface area contributed by atoms with Crippen LogP contribution in [0.2, 0.25) is 0 Å². The van der Waals surface area contributed by atoms with Crippen LogP contribution in [0.25, 0.3) is 0 Å². The van der Waals surface area contributed by atoms with E-state index in [0.29, 0.717) is 6.61 Å². The van der Waals surface area contributed by atoms with Gasteiger partial charge in [-0.25, -0.2) is 9.67 Å². The lowest BCUT2D eigenvalue weighted by Crippen LogP contribution is -2.08. The van der Waals surface area contributed by atoms with E-state index in [4.69, 9.17) is 4.74 Å². The molecule has 17 heavy (non-hydrogen) atoms. The molecule has 2 aromatic rings. The summed E-state index contributed by atoms with van der Waals surface area (Å²) in [5, 5.41) is 4.15. The van der Waals surface area contributed by atoms with Gasteiger partial charge in [0.1, 0.15) is 18.7 Å². The summed E-state index contributed by atoms with van der Waals surface area (Å²) in [7, 11) is 0. The maximum Gasteiger partial charge on any atom is 0.164 e. The van der Waals surface area contributed by atoms with Gasteiger partial charge in [0.05, 0.1) is 4.47 Å². The number of hydrogen-bond donors (Lipinski definition) is 0. The fourth-order valence-corrected chi connectivity index (χ4v) is 1.90. The van der Waals surface area contributed by atoms with Crippen molar-refractivity contribution >= 4 is 15.9 Å². The van der Waals surface area contributed by atoms with Gasteiger partial charge in [-0.15, -0.1) is 0 Å². The van der Waals surface area contributed by atoms with Crippen LogP contribution in [-0.4, -0.2) is 14.8 Å². The first kappa shape index (κ1) is 12.1. The Morgan fingerprint density at radius 2 is 2.18 bits per heavy atom. The summed E-state index contributed by atoms with van der Waals surface area (Å²) < 4.78 is 8.52. The lowest BCUT2D eigenvalue weighted by molar-refractivity contribution is 0.284. The predicted octanol–water partition coefficient (Wildman–Crippen LogP) is 3.03. The molecule has 1 aromatic heterocycles. The highest BCUT2D eigenvalue weighted by atomic mass is 79.9. The first-order valence-corrected chi connectivity index (χ1v) is 6.34. The van der Waals surface area contributed by atoms with E-state index in [2.05, 4.69) is 32.9 Å². The molecule has 90 valence electrons. The molecule has 0 spiro atoms. The van der Waals surface area contributed by atoms with Crippen molar-refractivity contribution < 1.29 is 4.74 Å². The molecule has 0 amide bonds. The monoisotopic (exact) mass is 295 g/mol. The molecular weight excluding hydrogens is 282 g/mol. The number of para-hydroxylation sites is 1. The third kappa shape index (κ3) is 3.06. The second-order valence-electron chi connectivity index (χ2n) is 3.62. The topological polar surface area (TPSA) is 39.9 Å². The van der Waals surface area contributed by atoms with Crippen LogP contribution in [0.1, 0.15) is 19.2 Å². The molecule has 0 aliphatic carbocycles. The van der Waals surface area contributed by atoms with E-state index in [0.717, 1.165) is 29.0 Å². The molecule has 0 unspecified atom stereocenters. The molecule has 0 saturated carbocycles. The number of hydrogen-bond acceptors (Lipinski definition) is 3. The summed E-state index contributed by atoms with van der Waals surface area (Å²) in [6, 6.07) is 7.77. The minimum absolute atomic E-state index is 0.433. The normalized spacial score (nSPS) is 10.5. The van der Waals surface area contributed by atoms with Crippen LogP contribution in [0.4, 0.5) is 0 Å². The summed E-state index contributed by atoms with van der Waals surface area (Å²) in [6.45, 7) is 3.41. The Kier molecular flexibility index (Phi) is 4.14. The Bertz CT molecular complexity index is 484. The van der Waals surface area contributed by atoms with Crippen molar-refractivity contribution in [2.24, 2.45) is 0 Å². The number of benzene rings is 1. The SMILES string of the molecule is CCCn1ncnc1COc1ccccc1Br. The fourth-order valence-electron chi connectivity index (χ4n) is 1.50. The summed E-state index contributed by atoms with van der Waals surface area (Å²) in [4.78, 5) is 4.19. The molecule has 0 aliphatic rings. The molecule has 0 radical (unpaired) electrons. The third-order valence-corrected chi connectivity index (χ3v) is 2.98. The minimum Gasteiger partial charge on any atom is -0.484 e. The highest BCUT2D eigenvalue weighted by Crippen LogP contribution is 2.24. The van der Waals surface area contributed by atoms with Gasteiger partial charge in [-0.2, -0.15) is 5.10 Å². The smallest absolute Gasteiger partial charge is 0.164 e. The molecule has 4 nitrogen and oxygen atoms in total. The number of halogens is 1. The summed E-state index contributed by atoms with van der Waals surface area (Å²) in [5.74, 6) is 1.67. The van der Waals surface area contributed by atoms with Gasteiger partial charge in [0, 0.05) is 6.54 Å². The Labute approximate surface area is 109 Å². The fraction of sp³-hybridized carbons (Fsp3) is 0.333. The largest absolute Gasteiger partial charge is 0.484 e. The van der Waals surface area contributed by atoms with Gasteiger partial charge in [0.25, 0.3) is 0 Å². The standard InChI is InChI=1S/C12H14BrN3O/c1-2-7-16-12(14-9-15-16)8-17-11-6-4-3-5-10(11)13/h3-6,9H,2,7-8H2,1H3. The zero-order valence-corrected chi connectivity index (χ0v) is 11.2. The van der Waals surface area contributed by atoms with E-state index in [-0.39, 0.29) is 0 Å². The first-order valence-electron chi connectivity index (χ1n) is 5.55. The Hall–Kier alpha value is -1.36. The molecule has 0 atom stereocenters. The third-order valence-electron chi connectivity index (χ3n) is 2.32. The zero-order valence-electron chi connectivity index (χ0n) is 9.64. The predicted molar refractivity (Wildman–Crippen MR) is 68.8 cm³/mol. The van der Waals surface area contributed by atoms with Crippen molar-refractivity contribution in [3.8, 4) is 5.75 Å². The number of aryl methyl sites for hydroxylation is 1. The van der Waals surface area contributed by atoms with Gasteiger partial charge in [-0.3, -0.25) is 0 Å². The maximum absolute atomic E-state index is 5.70. The van der Waals surface area contributed by atoms with Gasteiger partial charge in [-0.05, 0) is 34.5 Å². The van der Waals surface area contributed by atoms with Crippen molar-refractivity contribution in [1.29, 1.82) is 0 Å². The van der Waals surface area contributed by atoms with Gasteiger partial charge >= 0.3 is 0 Å². The van der Waals surface area contributed by atoms with E-state index < -0.39 is 0 Å². The van der Waals surface area contributed by atoms with Crippen molar-refractivity contribution in [3.63, 3.8) is 0 Å². The second kappa shape index (κ2) is 5.82. The molecule has 2 rings (SSSR count). The lowest BCUT2D eigenvalue weighted by atomic mass is 10.3. The molecule has 0 saturated heterocycles. The first-order chi connectivity index (χ1) is 8.31. The quantitative estimate of drug-likeness (QED) is 0.851. The average Bonchev–Trinajstić information content (AvgIpc) is 2.76. The summed E-state index contributed by atoms with van der Waals surface area (Å²) in [6.07, 6.45) is 2.60. The number of aromatic nitrogens is 3. The van der Waals surface area contributed by atoms with Gasteiger partial charge in [0.2, 0.25) is 0 Å². The molecule has 0 aliphatic heterocycles. The van der Waals surface area contributed by atoms with Crippen LogP contribution >= 0.6 is 15.9 Å². The average molecular weight is 296 g/mol. The second-order valence-corrected chi connectivity index (χ2v) is 4.47. The van der Waals surface area contributed by atoms with E-state index in [9.17, 15) is 0 Å². The highest BCUT2D eigenvalue weighted by molar-refractivity contribution is 9.10. The molecule has 0 bridgehead atoms. The van der Waals surface area contributed by atoms with Crippen molar-refractivity contribution in [2.75, 3.05) is 0 Å². The minimum atomic E-state index is 0.433. The summed E-state index contributed by atoms with van der Waals surface area (Å²) in [5.41, 5.74) is 0. The van der Waals surface area contributed by atoms with Crippen molar-refractivity contribution in [3.05, 3.63) is 40.9 Å². The highest BCUT2D eigenvalue weighted by Gasteiger charge is 2.05. The Morgan fingerprint density at radius 1 is 1.35 bits per heavy atom. The molecule has 0 N–H and O–H groups in total. The van der Waals surface area contributed by atoms with Crippen molar-refractivity contribution in [2.45, 2.75) is 26.5 Å². The van der Waals surface area contributed by atoms with Crippen LogP contribution in [-0.2, 0) is 13.2 Å². The molecule has 1 heterocycles. The van der Waals surface area contributed by atoms with Crippen molar-refractivity contribution in [1.82, 2.24) is 14.8 Å².